The van der Waals surface area contributed by atoms with Crippen molar-refractivity contribution in [1.29, 1.82) is 0 Å². The van der Waals surface area contributed by atoms with Crippen LogP contribution in [0.4, 0.5) is 11.4 Å². The van der Waals surface area contributed by atoms with Crippen molar-refractivity contribution in [1.82, 2.24) is 20.0 Å². The summed E-state index contributed by atoms with van der Waals surface area (Å²) in [5.74, 6) is 0. The Morgan fingerprint density at radius 1 is 0.500 bits per heavy atom. The van der Waals surface area contributed by atoms with Crippen LogP contribution in [0.5, 0.6) is 0 Å². The van der Waals surface area contributed by atoms with Gasteiger partial charge in [-0.2, -0.15) is 0 Å². The van der Waals surface area contributed by atoms with E-state index in [-0.39, 0.29) is 11.1 Å². The van der Waals surface area contributed by atoms with Crippen LogP contribution in [0, 0.1) is 27.7 Å². The molecule has 0 unspecified atom stereocenters. The first-order valence-corrected chi connectivity index (χ1v) is 14.1. The molecule has 1 aromatic carbocycles. The summed E-state index contributed by atoms with van der Waals surface area (Å²) in [5.41, 5.74) is 9.27. The van der Waals surface area contributed by atoms with Gasteiger partial charge in [0.1, 0.15) is 0 Å². The molecule has 4 bridgehead atoms. The van der Waals surface area contributed by atoms with Crippen LogP contribution < -0.4 is 10.0 Å². The molecule has 188 valence electrons. The Kier molecular flexibility index (Phi) is 6.04. The van der Waals surface area contributed by atoms with Gasteiger partial charge >= 0.3 is 0 Å². The molecule has 2 radical (unpaired) electrons. The summed E-state index contributed by atoms with van der Waals surface area (Å²) < 4.78 is 0. The molecule has 0 spiro atoms. The predicted molar refractivity (Wildman–Crippen MR) is 144 cm³/mol. The summed E-state index contributed by atoms with van der Waals surface area (Å²) >= 11 is 0. The van der Waals surface area contributed by atoms with Crippen LogP contribution in [-0.4, -0.2) is 45.3 Å². The molecule has 34 heavy (non-hydrogen) atoms. The molecule has 0 atom stereocenters. The van der Waals surface area contributed by atoms with E-state index in [4.69, 9.17) is 0 Å². The zero-order valence-corrected chi connectivity index (χ0v) is 23.8. The van der Waals surface area contributed by atoms with E-state index in [1.807, 2.05) is 0 Å². The average Bonchev–Trinajstić information content (AvgIpc) is 2.78. The van der Waals surface area contributed by atoms with Crippen LogP contribution >= 0.6 is 0 Å². The third-order valence-electron chi connectivity index (χ3n) is 9.56. The molecule has 4 aliphatic heterocycles. The average molecular weight is 467 g/mol. The highest BCUT2D eigenvalue weighted by molar-refractivity contribution is 5.70. The van der Waals surface area contributed by atoms with Crippen molar-refractivity contribution in [3.8, 4) is 0 Å². The summed E-state index contributed by atoms with van der Waals surface area (Å²) in [5, 5.41) is 11.1. The maximum atomic E-state index is 2.77. The van der Waals surface area contributed by atoms with Crippen LogP contribution in [0.15, 0.2) is 0 Å². The summed E-state index contributed by atoms with van der Waals surface area (Å²) in [6, 6.07) is 2.64. The lowest BCUT2D eigenvalue weighted by atomic mass is 9.82. The van der Waals surface area contributed by atoms with Crippen molar-refractivity contribution in [3.63, 3.8) is 0 Å². The maximum Gasteiger partial charge on any atom is 0.210 e. The number of hydrogen-bond donors (Lipinski definition) is 0. The quantitative estimate of drug-likeness (QED) is 0.431. The first kappa shape index (κ1) is 24.7. The van der Waals surface area contributed by atoms with Crippen molar-refractivity contribution in [2.75, 3.05) is 0 Å². The molecule has 0 N–H and O–H groups in total. The molecule has 4 saturated heterocycles. The van der Waals surface area contributed by atoms with Crippen LogP contribution in [0.1, 0.15) is 115 Å². The third-order valence-corrected chi connectivity index (χ3v) is 9.56. The Morgan fingerprint density at radius 3 is 1.00 bits per heavy atom. The van der Waals surface area contributed by atoms with Gasteiger partial charge in [-0.05, 0) is 105 Å². The maximum absolute atomic E-state index is 2.77. The molecule has 0 amide bonds. The van der Waals surface area contributed by atoms with E-state index in [1.165, 1.54) is 85.0 Å². The largest absolute Gasteiger partial charge is 0.210 e. The second kappa shape index (κ2) is 8.30. The molecular weight excluding hydrogens is 416 g/mol. The molecule has 4 nitrogen and oxygen atoms in total. The van der Waals surface area contributed by atoms with Crippen LogP contribution in [0.25, 0.3) is 0 Å². The summed E-state index contributed by atoms with van der Waals surface area (Å²) in [6.07, 6.45) is 10.8. The van der Waals surface area contributed by atoms with Crippen molar-refractivity contribution in [2.24, 2.45) is 0 Å². The number of benzene rings is 1. The molecule has 4 heteroatoms. The highest BCUT2D eigenvalue weighted by atomic mass is 15.7. The highest BCUT2D eigenvalue weighted by Gasteiger charge is 2.58. The van der Waals surface area contributed by atoms with Crippen molar-refractivity contribution < 1.29 is 0 Å². The van der Waals surface area contributed by atoms with Gasteiger partial charge in [-0.15, -0.1) is 0 Å². The van der Waals surface area contributed by atoms with Crippen LogP contribution in [0.2, 0.25) is 0 Å². The predicted octanol–water partition coefficient (Wildman–Crippen LogP) is 7.14. The van der Waals surface area contributed by atoms with E-state index in [2.05, 4.69) is 89.3 Å². The number of fused-ring (bicyclic) bond motifs is 6. The summed E-state index contributed by atoms with van der Waals surface area (Å²) in [7, 11) is 0. The van der Waals surface area contributed by atoms with Crippen LogP contribution in [0.3, 0.4) is 0 Å². The van der Waals surface area contributed by atoms with Gasteiger partial charge < -0.3 is 0 Å². The molecule has 2 saturated carbocycles. The Balaban J connectivity index is 1.66. The second-order valence-corrected chi connectivity index (χ2v) is 13.8. The van der Waals surface area contributed by atoms with E-state index in [0.29, 0.717) is 24.2 Å². The lowest BCUT2D eigenvalue weighted by Crippen LogP contribution is -2.69. The van der Waals surface area contributed by atoms with Gasteiger partial charge in [0.15, 0.2) is 12.1 Å². The molecule has 7 rings (SSSR count). The van der Waals surface area contributed by atoms with Gasteiger partial charge in [0.05, 0.1) is 23.2 Å². The van der Waals surface area contributed by atoms with E-state index >= 15 is 0 Å². The third kappa shape index (κ3) is 3.70. The Hall–Kier alpha value is -0.940. The molecule has 0 aromatic heterocycles. The standard InChI is InChI=1S/C30H50N4/c1-19-20(2)28(32-24-13-17-26(18-14-24)34(32)30(8,9)10)22(4)21(3)27(19)31-23-11-15-25(16-12-23)33(31)29(5,6)7/h23-26H,11-18H2,1-10H3/q+2. The van der Waals surface area contributed by atoms with Gasteiger partial charge in [0.25, 0.3) is 0 Å². The van der Waals surface area contributed by atoms with Crippen molar-refractivity contribution >= 4 is 11.4 Å². The highest BCUT2D eigenvalue weighted by Crippen LogP contribution is 2.49. The van der Waals surface area contributed by atoms with Crippen molar-refractivity contribution in [2.45, 2.75) is 156 Å². The molecule has 6 fully saturated rings. The first-order chi connectivity index (χ1) is 15.8. The van der Waals surface area contributed by atoms with Gasteiger partial charge in [0.2, 0.25) is 11.4 Å². The Bertz CT molecular complexity index is 830. The number of hydrogen-bond acceptors (Lipinski definition) is 4. The summed E-state index contributed by atoms with van der Waals surface area (Å²) in [4.78, 5) is 0. The first-order valence-electron chi connectivity index (χ1n) is 14.1. The summed E-state index contributed by atoms with van der Waals surface area (Å²) in [6.45, 7) is 24.1. The Labute approximate surface area is 209 Å². The molecular formula is C30H50N4+2. The van der Waals surface area contributed by atoms with Gasteiger partial charge in [-0.1, -0.05) is 10.0 Å². The Morgan fingerprint density at radius 2 is 0.765 bits per heavy atom. The van der Waals surface area contributed by atoms with Crippen molar-refractivity contribution in [3.05, 3.63) is 22.3 Å². The zero-order chi connectivity index (χ0) is 24.7. The van der Waals surface area contributed by atoms with E-state index in [9.17, 15) is 0 Å². The molecule has 2 aliphatic carbocycles. The topological polar surface area (TPSA) is 18.3 Å². The normalized spacial score (nSPS) is 31.6. The molecule has 1 aromatic rings. The smallest absolute Gasteiger partial charge is 0.0920 e. The molecule has 6 aliphatic rings. The SMILES string of the molecule is Cc1c(C)c([N+]2C3CCC(CC3)N2C(C)(C)C)c(C)c(C)c1[N+]1C2CCC(CC2)N1C(C)(C)C. The van der Waals surface area contributed by atoms with Crippen LogP contribution in [-0.2, 0) is 0 Å². The van der Waals surface area contributed by atoms with Gasteiger partial charge in [-0.25, -0.2) is 0 Å². The lowest BCUT2D eigenvalue weighted by Gasteiger charge is -2.51. The number of rotatable bonds is 2. The van der Waals surface area contributed by atoms with Gasteiger partial charge in [0, 0.05) is 47.9 Å². The minimum atomic E-state index is 0.137. The fraction of sp³-hybridized carbons (Fsp3) is 0.800. The van der Waals surface area contributed by atoms with Gasteiger partial charge in [-0.3, -0.25) is 0 Å². The zero-order valence-electron chi connectivity index (χ0n) is 23.8. The van der Waals surface area contributed by atoms with E-state index < -0.39 is 0 Å². The monoisotopic (exact) mass is 466 g/mol. The van der Waals surface area contributed by atoms with E-state index in [0.717, 1.165) is 0 Å². The second-order valence-electron chi connectivity index (χ2n) is 13.8. The van der Waals surface area contributed by atoms with E-state index in [1.54, 1.807) is 0 Å². The number of hydrazine groups is 2. The fourth-order valence-corrected chi connectivity index (χ4v) is 8.08. The minimum absolute atomic E-state index is 0.137. The molecule has 4 heterocycles. The fourth-order valence-electron chi connectivity index (χ4n) is 8.08. The number of nitrogens with zero attached hydrogens (tertiary/aromatic N) is 4. The lowest BCUT2D eigenvalue weighted by molar-refractivity contribution is -0.110. The minimum Gasteiger partial charge on any atom is -0.0920 e. The number of anilines is 2.